The molecule has 3 atom stereocenters. The van der Waals surface area contributed by atoms with E-state index in [0.717, 1.165) is 42.5 Å². The van der Waals surface area contributed by atoms with Crippen LogP contribution in [0.3, 0.4) is 0 Å². The largest absolute Gasteiger partial charge is 0.508 e. The fourth-order valence-corrected chi connectivity index (χ4v) is 5.52. The van der Waals surface area contributed by atoms with Crippen LogP contribution in [0, 0.1) is 5.92 Å². The molecule has 1 saturated heterocycles. The van der Waals surface area contributed by atoms with Gasteiger partial charge >= 0.3 is 6.18 Å². The van der Waals surface area contributed by atoms with E-state index in [4.69, 9.17) is 0 Å². The zero-order valence-electron chi connectivity index (χ0n) is 17.8. The van der Waals surface area contributed by atoms with Crippen molar-refractivity contribution in [3.8, 4) is 5.75 Å². The molecule has 0 aromatic heterocycles. The van der Waals surface area contributed by atoms with Crippen LogP contribution in [0.5, 0.6) is 5.75 Å². The minimum atomic E-state index is -4.39. The second-order valence-corrected chi connectivity index (χ2v) is 9.63. The highest BCUT2D eigenvalue weighted by molar-refractivity contribution is 7.99. The van der Waals surface area contributed by atoms with Gasteiger partial charge in [-0.05, 0) is 60.9 Å². The summed E-state index contributed by atoms with van der Waals surface area (Å²) in [5.74, 6) is -0.962. The van der Waals surface area contributed by atoms with E-state index < -0.39 is 17.7 Å². The van der Waals surface area contributed by atoms with Crippen LogP contribution >= 0.6 is 11.8 Å². The van der Waals surface area contributed by atoms with Crippen LogP contribution in [-0.2, 0) is 27.9 Å². The lowest BCUT2D eigenvalue weighted by atomic mass is 9.86. The number of phenolic OH excluding ortho intramolecular Hbond substituents is 1. The smallest absolute Gasteiger partial charge is 0.416 e. The monoisotopic (exact) mass is 478 g/mol. The molecule has 9 heteroatoms. The summed E-state index contributed by atoms with van der Waals surface area (Å²) >= 11 is 1.36. The Balaban J connectivity index is 1.32. The number of carbonyl (C=O) groups is 2. The molecule has 33 heavy (non-hydrogen) atoms. The number of nitrogens with one attached hydrogen (secondary N) is 2. The SMILES string of the molecule is O=C1NC(SCc2cccc(C(F)(F)F)c2)CCC1C(=O)NC1CCCc2c(O)cccc21. The topological polar surface area (TPSA) is 78.4 Å². The molecule has 1 heterocycles. The van der Waals surface area contributed by atoms with Crippen LogP contribution in [0.2, 0.25) is 0 Å². The number of aromatic hydroxyl groups is 1. The van der Waals surface area contributed by atoms with E-state index in [9.17, 15) is 27.9 Å². The van der Waals surface area contributed by atoms with E-state index in [1.165, 1.54) is 17.8 Å². The quantitative estimate of drug-likeness (QED) is 0.545. The number of carbonyl (C=O) groups excluding carboxylic acids is 2. The third kappa shape index (κ3) is 5.46. The van der Waals surface area contributed by atoms with E-state index >= 15 is 0 Å². The van der Waals surface area contributed by atoms with Gasteiger partial charge in [0.05, 0.1) is 17.0 Å². The Bertz CT molecular complexity index is 1040. The molecular formula is C24H25F3N2O3S. The van der Waals surface area contributed by atoms with Crippen molar-refractivity contribution in [1.29, 1.82) is 0 Å². The summed E-state index contributed by atoms with van der Waals surface area (Å²) in [6.45, 7) is 0. The normalized spacial score (nSPS) is 22.9. The third-order valence-corrected chi connectivity index (χ3v) is 7.41. The number of hydrogen-bond donors (Lipinski definition) is 3. The molecule has 1 aliphatic carbocycles. The average molecular weight is 479 g/mol. The first-order chi connectivity index (χ1) is 15.7. The van der Waals surface area contributed by atoms with Crippen molar-refractivity contribution < 1.29 is 27.9 Å². The number of rotatable bonds is 5. The highest BCUT2D eigenvalue weighted by Crippen LogP contribution is 2.35. The molecule has 0 bridgehead atoms. The van der Waals surface area contributed by atoms with Crippen molar-refractivity contribution in [3.05, 3.63) is 64.7 Å². The average Bonchev–Trinajstić information content (AvgIpc) is 2.78. The molecule has 3 unspecified atom stereocenters. The van der Waals surface area contributed by atoms with Gasteiger partial charge < -0.3 is 15.7 Å². The molecule has 2 aromatic rings. The maximum Gasteiger partial charge on any atom is 0.416 e. The number of thioether (sulfide) groups is 1. The third-order valence-electron chi connectivity index (χ3n) is 6.16. The highest BCUT2D eigenvalue weighted by Gasteiger charge is 2.35. The minimum absolute atomic E-state index is 0.225. The van der Waals surface area contributed by atoms with Crippen molar-refractivity contribution in [2.24, 2.45) is 5.92 Å². The fraction of sp³-hybridized carbons (Fsp3) is 0.417. The second-order valence-electron chi connectivity index (χ2n) is 8.43. The standard InChI is InChI=1S/C24H25F3N2O3S/c25-24(26,27)15-5-1-4-14(12-15)13-33-21-11-10-18(23(32)29-21)22(31)28-19-8-2-7-17-16(19)6-3-9-20(17)30/h1,3-6,9,12,18-19,21,30H,2,7-8,10-11,13H2,(H,28,31)(H,29,32). The number of phenols is 1. The summed E-state index contributed by atoms with van der Waals surface area (Å²) in [4.78, 5) is 25.5. The van der Waals surface area contributed by atoms with E-state index in [1.54, 1.807) is 18.2 Å². The van der Waals surface area contributed by atoms with Gasteiger partial charge in [0, 0.05) is 5.75 Å². The van der Waals surface area contributed by atoms with Crippen LogP contribution in [0.4, 0.5) is 13.2 Å². The van der Waals surface area contributed by atoms with Gasteiger partial charge in [-0.2, -0.15) is 13.2 Å². The summed E-state index contributed by atoms with van der Waals surface area (Å²) in [5.41, 5.74) is 1.57. The predicted molar refractivity (Wildman–Crippen MR) is 119 cm³/mol. The van der Waals surface area contributed by atoms with E-state index in [0.29, 0.717) is 24.2 Å². The van der Waals surface area contributed by atoms with Crippen LogP contribution in [0.1, 0.15) is 54.0 Å². The number of hydrogen-bond acceptors (Lipinski definition) is 4. The molecule has 1 aliphatic heterocycles. The Hall–Kier alpha value is -2.68. The van der Waals surface area contributed by atoms with Crippen LogP contribution in [0.15, 0.2) is 42.5 Å². The molecule has 0 saturated carbocycles. The summed E-state index contributed by atoms with van der Waals surface area (Å²) in [5, 5.41) is 15.6. The number of amides is 2. The van der Waals surface area contributed by atoms with Gasteiger partial charge in [-0.1, -0.05) is 30.3 Å². The van der Waals surface area contributed by atoms with E-state index in [1.807, 2.05) is 6.07 Å². The summed E-state index contributed by atoms with van der Waals surface area (Å²) in [6.07, 6.45) is -1.14. The van der Waals surface area contributed by atoms with Gasteiger partial charge in [-0.3, -0.25) is 9.59 Å². The first kappa shape index (κ1) is 23.5. The van der Waals surface area contributed by atoms with Gasteiger partial charge in [-0.25, -0.2) is 0 Å². The zero-order chi connectivity index (χ0) is 23.6. The van der Waals surface area contributed by atoms with Crippen molar-refractivity contribution in [2.75, 3.05) is 0 Å². The van der Waals surface area contributed by atoms with E-state index in [2.05, 4.69) is 10.6 Å². The summed E-state index contributed by atoms with van der Waals surface area (Å²) < 4.78 is 38.7. The number of fused-ring (bicyclic) bond motifs is 1. The lowest BCUT2D eigenvalue weighted by molar-refractivity contribution is -0.138. The number of piperidine rings is 1. The molecule has 3 N–H and O–H groups in total. The van der Waals surface area contributed by atoms with Gasteiger partial charge in [0.2, 0.25) is 11.8 Å². The number of alkyl halides is 3. The van der Waals surface area contributed by atoms with Gasteiger partial charge in [-0.15, -0.1) is 11.8 Å². The number of halogens is 3. The molecule has 5 nitrogen and oxygen atoms in total. The minimum Gasteiger partial charge on any atom is -0.508 e. The lowest BCUT2D eigenvalue weighted by Crippen LogP contribution is -2.49. The molecule has 2 aliphatic rings. The first-order valence-corrected chi connectivity index (χ1v) is 12.0. The molecule has 2 amide bonds. The Kier molecular flexibility index (Phi) is 6.88. The van der Waals surface area contributed by atoms with Crippen molar-refractivity contribution in [2.45, 2.75) is 55.4 Å². The molecule has 176 valence electrons. The molecular weight excluding hydrogens is 453 g/mol. The lowest BCUT2D eigenvalue weighted by Gasteiger charge is -2.31. The molecule has 4 rings (SSSR count). The maximum absolute atomic E-state index is 12.9. The van der Waals surface area contributed by atoms with Gasteiger partial charge in [0.1, 0.15) is 11.7 Å². The van der Waals surface area contributed by atoms with Crippen molar-refractivity contribution in [1.82, 2.24) is 10.6 Å². The maximum atomic E-state index is 12.9. The van der Waals surface area contributed by atoms with Crippen LogP contribution in [-0.4, -0.2) is 22.3 Å². The van der Waals surface area contributed by atoms with Crippen LogP contribution < -0.4 is 10.6 Å². The Labute approximate surface area is 194 Å². The van der Waals surface area contributed by atoms with Crippen LogP contribution in [0.25, 0.3) is 0 Å². The Morgan fingerprint density at radius 3 is 2.70 bits per heavy atom. The highest BCUT2D eigenvalue weighted by atomic mass is 32.2. The second kappa shape index (κ2) is 9.67. The Morgan fingerprint density at radius 2 is 1.94 bits per heavy atom. The van der Waals surface area contributed by atoms with Crippen molar-refractivity contribution >= 4 is 23.6 Å². The molecule has 0 spiro atoms. The zero-order valence-corrected chi connectivity index (χ0v) is 18.6. The predicted octanol–water partition coefficient (Wildman–Crippen LogP) is 4.69. The molecule has 2 aromatic carbocycles. The number of benzene rings is 2. The first-order valence-electron chi connectivity index (χ1n) is 10.9. The summed E-state index contributed by atoms with van der Waals surface area (Å²) in [6, 6.07) is 10.2. The molecule has 1 fully saturated rings. The van der Waals surface area contributed by atoms with Crippen molar-refractivity contribution in [3.63, 3.8) is 0 Å². The summed E-state index contributed by atoms with van der Waals surface area (Å²) in [7, 11) is 0. The fourth-order valence-electron chi connectivity index (χ4n) is 4.44. The Morgan fingerprint density at radius 1 is 1.15 bits per heavy atom. The van der Waals surface area contributed by atoms with Gasteiger partial charge in [0.25, 0.3) is 0 Å². The van der Waals surface area contributed by atoms with E-state index in [-0.39, 0.29) is 29.0 Å². The van der Waals surface area contributed by atoms with Gasteiger partial charge in [0.15, 0.2) is 0 Å². The molecule has 0 radical (unpaired) electrons.